The molecule has 5 N–H and O–H groups in total. The maximum atomic E-state index is 11.6. The Bertz CT molecular complexity index is 895. The van der Waals surface area contributed by atoms with Gasteiger partial charge in [0.2, 0.25) is 11.9 Å². The minimum Gasteiger partial charge on any atom is -0.398 e. The molecule has 1 aromatic carbocycles. The van der Waals surface area contributed by atoms with Gasteiger partial charge in [0, 0.05) is 30.9 Å². The van der Waals surface area contributed by atoms with Crippen molar-refractivity contribution in [2.24, 2.45) is 5.73 Å². The van der Waals surface area contributed by atoms with Crippen molar-refractivity contribution in [1.29, 1.82) is 0 Å². The van der Waals surface area contributed by atoms with E-state index < -0.39 is 0 Å². The summed E-state index contributed by atoms with van der Waals surface area (Å²) in [5.74, 6) is 0.146. The third-order valence-corrected chi connectivity index (χ3v) is 4.33. The van der Waals surface area contributed by atoms with Crippen LogP contribution in [0, 0.1) is 4.64 Å². The topological polar surface area (TPSA) is 95.8 Å². The number of halogens is 2. The van der Waals surface area contributed by atoms with Crippen LogP contribution in [0.25, 0.3) is 17.0 Å². The van der Waals surface area contributed by atoms with Crippen LogP contribution in [0.1, 0.15) is 12.5 Å². The summed E-state index contributed by atoms with van der Waals surface area (Å²) in [6.45, 7) is 2.59. The Morgan fingerprint density at radius 1 is 1.40 bits per heavy atom. The SMILES string of the molecule is CCNc1nc(=S)c(/C(N)=C/C(=O)NC)c(-c2ccc(Cl)c(Cl)c2)[nH]1. The largest absolute Gasteiger partial charge is 0.398 e. The lowest BCUT2D eigenvalue weighted by molar-refractivity contribution is -0.116. The fourth-order valence-corrected chi connectivity index (χ4v) is 2.76. The van der Waals surface area contributed by atoms with Crippen molar-refractivity contribution >= 4 is 53.0 Å². The number of rotatable bonds is 5. The molecule has 2 rings (SSSR count). The van der Waals surface area contributed by atoms with E-state index in [-0.39, 0.29) is 16.2 Å². The van der Waals surface area contributed by atoms with Gasteiger partial charge < -0.3 is 21.4 Å². The highest BCUT2D eigenvalue weighted by molar-refractivity contribution is 7.71. The van der Waals surface area contributed by atoms with Crippen LogP contribution < -0.4 is 16.4 Å². The Morgan fingerprint density at radius 2 is 2.12 bits per heavy atom. The number of nitrogens with zero attached hydrogens (tertiary/aromatic N) is 1. The van der Waals surface area contributed by atoms with Crippen molar-refractivity contribution in [2.45, 2.75) is 6.92 Å². The first-order chi connectivity index (χ1) is 11.9. The Morgan fingerprint density at radius 3 is 2.72 bits per heavy atom. The van der Waals surface area contributed by atoms with Crippen LogP contribution in [-0.2, 0) is 4.79 Å². The zero-order chi connectivity index (χ0) is 18.6. The molecule has 6 nitrogen and oxygen atoms in total. The molecule has 0 unspecified atom stereocenters. The number of nitrogens with two attached hydrogens (primary N) is 1. The summed E-state index contributed by atoms with van der Waals surface area (Å²) >= 11 is 17.5. The van der Waals surface area contributed by atoms with Gasteiger partial charge in [0.1, 0.15) is 4.64 Å². The van der Waals surface area contributed by atoms with E-state index in [0.29, 0.717) is 39.4 Å². The van der Waals surface area contributed by atoms with Crippen molar-refractivity contribution in [3.8, 4) is 11.3 Å². The Hall–Kier alpha value is -2.09. The summed E-state index contributed by atoms with van der Waals surface area (Å²) < 4.78 is 0.258. The minimum atomic E-state index is -0.345. The van der Waals surface area contributed by atoms with E-state index in [4.69, 9.17) is 41.2 Å². The Balaban J connectivity index is 2.73. The molecule has 9 heteroatoms. The number of nitrogens with one attached hydrogen (secondary N) is 3. The summed E-state index contributed by atoms with van der Waals surface area (Å²) in [6.07, 6.45) is 1.26. The van der Waals surface area contributed by atoms with Gasteiger partial charge in [-0.2, -0.15) is 0 Å². The van der Waals surface area contributed by atoms with Gasteiger partial charge >= 0.3 is 0 Å². The maximum Gasteiger partial charge on any atom is 0.245 e. The van der Waals surface area contributed by atoms with Gasteiger partial charge in [0.05, 0.1) is 21.3 Å². The van der Waals surface area contributed by atoms with Gasteiger partial charge in [-0.05, 0) is 19.1 Å². The molecule has 0 fully saturated rings. The van der Waals surface area contributed by atoms with Crippen LogP contribution in [0.4, 0.5) is 5.95 Å². The molecule has 0 spiro atoms. The first-order valence-electron chi connectivity index (χ1n) is 7.40. The molecule has 1 heterocycles. The zero-order valence-electron chi connectivity index (χ0n) is 13.6. The minimum absolute atomic E-state index is 0.192. The summed E-state index contributed by atoms with van der Waals surface area (Å²) in [4.78, 5) is 19.1. The number of H-pyrrole nitrogens is 1. The molecular formula is C16H17Cl2N5OS. The van der Waals surface area contributed by atoms with Crippen LogP contribution >= 0.6 is 35.4 Å². The van der Waals surface area contributed by atoms with Crippen LogP contribution in [0.15, 0.2) is 24.3 Å². The molecule has 0 aliphatic heterocycles. The van der Waals surface area contributed by atoms with E-state index in [0.717, 1.165) is 0 Å². The van der Waals surface area contributed by atoms with Crippen molar-refractivity contribution in [1.82, 2.24) is 15.3 Å². The van der Waals surface area contributed by atoms with Crippen LogP contribution in [0.3, 0.4) is 0 Å². The van der Waals surface area contributed by atoms with E-state index in [9.17, 15) is 4.79 Å². The van der Waals surface area contributed by atoms with E-state index in [1.54, 1.807) is 18.2 Å². The van der Waals surface area contributed by atoms with Crippen molar-refractivity contribution < 1.29 is 4.79 Å². The molecular weight excluding hydrogens is 381 g/mol. The second kappa shape index (κ2) is 8.33. The lowest BCUT2D eigenvalue weighted by Gasteiger charge is -2.14. The number of likely N-dealkylation sites (N-methyl/N-ethyl adjacent to an activating group) is 1. The van der Waals surface area contributed by atoms with Gasteiger partial charge in [-0.3, -0.25) is 4.79 Å². The molecule has 2 aromatic rings. The zero-order valence-corrected chi connectivity index (χ0v) is 15.9. The summed E-state index contributed by atoms with van der Waals surface area (Å²) in [5.41, 5.74) is 8.03. The van der Waals surface area contributed by atoms with Crippen molar-refractivity contribution in [2.75, 3.05) is 18.9 Å². The van der Waals surface area contributed by atoms with Gasteiger partial charge in [-0.1, -0.05) is 41.5 Å². The lowest BCUT2D eigenvalue weighted by Crippen LogP contribution is -2.17. The number of carbonyl (C=O) groups is 1. The number of aromatic nitrogens is 2. The van der Waals surface area contributed by atoms with Crippen molar-refractivity contribution in [3.63, 3.8) is 0 Å². The molecule has 25 heavy (non-hydrogen) atoms. The van der Waals surface area contributed by atoms with Gasteiger partial charge in [-0.15, -0.1) is 0 Å². The molecule has 0 aliphatic carbocycles. The quantitative estimate of drug-likeness (QED) is 0.456. The predicted octanol–water partition coefficient (Wildman–Crippen LogP) is 3.59. The van der Waals surface area contributed by atoms with Crippen LogP contribution in [-0.4, -0.2) is 29.5 Å². The molecule has 0 saturated carbocycles. The average Bonchev–Trinajstić information content (AvgIpc) is 2.56. The van der Waals surface area contributed by atoms with E-state index in [1.807, 2.05) is 6.92 Å². The van der Waals surface area contributed by atoms with Crippen LogP contribution in [0.5, 0.6) is 0 Å². The molecule has 0 aliphatic rings. The van der Waals surface area contributed by atoms with Crippen LogP contribution in [0.2, 0.25) is 10.0 Å². The Kier molecular flexibility index (Phi) is 6.41. The second-order valence-electron chi connectivity index (χ2n) is 5.01. The number of aromatic amines is 1. The molecule has 0 radical (unpaired) electrons. The molecule has 132 valence electrons. The fraction of sp³-hybridized carbons (Fsp3) is 0.188. The van der Waals surface area contributed by atoms with Gasteiger partial charge in [-0.25, -0.2) is 4.98 Å². The number of amides is 1. The monoisotopic (exact) mass is 397 g/mol. The second-order valence-corrected chi connectivity index (χ2v) is 6.21. The van der Waals surface area contributed by atoms with E-state index >= 15 is 0 Å². The molecule has 0 atom stereocenters. The summed E-state index contributed by atoms with van der Waals surface area (Å²) in [6, 6.07) is 5.14. The standard InChI is InChI=1S/C16H17Cl2N5OS/c1-3-21-16-22-14(8-4-5-9(17)10(18)6-8)13(15(25)23-16)11(19)7-12(24)20-2/h4-7H,3,19H2,1-2H3,(H,20,24)(H2,21,22,23,25)/b11-7-. The highest BCUT2D eigenvalue weighted by Gasteiger charge is 2.15. The third-order valence-electron chi connectivity index (χ3n) is 3.29. The first-order valence-corrected chi connectivity index (χ1v) is 8.56. The smallest absolute Gasteiger partial charge is 0.245 e. The number of anilines is 1. The van der Waals surface area contributed by atoms with Crippen molar-refractivity contribution in [3.05, 3.63) is 44.5 Å². The molecule has 0 saturated heterocycles. The van der Waals surface area contributed by atoms with E-state index in [1.165, 1.54) is 13.1 Å². The number of benzene rings is 1. The number of carbonyl (C=O) groups excluding carboxylic acids is 1. The Labute approximate surface area is 160 Å². The molecule has 0 bridgehead atoms. The molecule has 1 aromatic heterocycles. The summed E-state index contributed by atoms with van der Waals surface area (Å²) in [5, 5.41) is 6.37. The highest BCUT2D eigenvalue weighted by atomic mass is 35.5. The number of hydrogen-bond donors (Lipinski definition) is 4. The fourth-order valence-electron chi connectivity index (χ4n) is 2.15. The predicted molar refractivity (Wildman–Crippen MR) is 105 cm³/mol. The van der Waals surface area contributed by atoms with Gasteiger partial charge in [0.15, 0.2) is 0 Å². The summed E-state index contributed by atoms with van der Waals surface area (Å²) in [7, 11) is 1.51. The third kappa shape index (κ3) is 4.50. The lowest BCUT2D eigenvalue weighted by atomic mass is 10.0. The molecule has 1 amide bonds. The maximum absolute atomic E-state index is 11.6. The highest BCUT2D eigenvalue weighted by Crippen LogP contribution is 2.31. The van der Waals surface area contributed by atoms with Gasteiger partial charge in [0.25, 0.3) is 0 Å². The normalized spacial score (nSPS) is 11.3. The number of hydrogen-bond acceptors (Lipinski definition) is 5. The average molecular weight is 398 g/mol. The van der Waals surface area contributed by atoms with E-state index in [2.05, 4.69) is 20.6 Å². The first kappa shape index (κ1) is 19.2.